The fourth-order valence-electron chi connectivity index (χ4n) is 4.70. The van der Waals surface area contributed by atoms with E-state index in [1.807, 2.05) is 6.07 Å². The summed E-state index contributed by atoms with van der Waals surface area (Å²) >= 11 is 0. The summed E-state index contributed by atoms with van der Waals surface area (Å²) in [5.74, 6) is -2.17. The molecule has 0 fully saturated rings. The zero-order valence-corrected chi connectivity index (χ0v) is 20.3. The van der Waals surface area contributed by atoms with Gasteiger partial charge in [0.05, 0.1) is 21.9 Å². The minimum Gasteiger partial charge on any atom is -0.339 e. The summed E-state index contributed by atoms with van der Waals surface area (Å²) in [6.45, 7) is 1.70. The number of fused-ring (bicyclic) bond motifs is 1. The lowest BCUT2D eigenvalue weighted by molar-refractivity contribution is -0.384. The Morgan fingerprint density at radius 1 is 1.05 bits per heavy atom. The number of nitrogens with one attached hydrogen (secondary N) is 2. The van der Waals surface area contributed by atoms with Crippen LogP contribution in [0.5, 0.6) is 0 Å². The summed E-state index contributed by atoms with van der Waals surface area (Å²) < 4.78 is 41.2. The van der Waals surface area contributed by atoms with Gasteiger partial charge < -0.3 is 10.6 Å². The van der Waals surface area contributed by atoms with Crippen molar-refractivity contribution in [1.29, 1.82) is 0 Å². The lowest BCUT2D eigenvalue weighted by Crippen LogP contribution is -2.50. The fraction of sp³-hybridized carbons (Fsp3) is 0.148. The molecule has 1 aliphatic rings. The molecule has 5 rings (SSSR count). The molecule has 2 heterocycles. The summed E-state index contributed by atoms with van der Waals surface area (Å²) in [5.41, 5.74) is 0.462. The van der Waals surface area contributed by atoms with Gasteiger partial charge in [0.2, 0.25) is 5.91 Å². The molecule has 12 heteroatoms. The van der Waals surface area contributed by atoms with E-state index in [0.29, 0.717) is 34.4 Å². The van der Waals surface area contributed by atoms with Gasteiger partial charge in [-0.2, -0.15) is 18.3 Å². The Labute approximate surface area is 219 Å². The molecule has 198 valence electrons. The van der Waals surface area contributed by atoms with Gasteiger partial charge in [0.25, 0.3) is 11.6 Å². The number of carbonyl (C=O) groups is 2. The second-order valence-electron chi connectivity index (χ2n) is 8.94. The van der Waals surface area contributed by atoms with Crippen molar-refractivity contribution in [3.05, 3.63) is 117 Å². The van der Waals surface area contributed by atoms with E-state index >= 15 is 0 Å². The van der Waals surface area contributed by atoms with Crippen LogP contribution in [-0.4, -0.2) is 32.6 Å². The van der Waals surface area contributed by atoms with Crippen LogP contribution in [0, 0.1) is 17.0 Å². The second kappa shape index (κ2) is 9.71. The van der Waals surface area contributed by atoms with Crippen molar-refractivity contribution in [2.45, 2.75) is 25.1 Å². The molecule has 3 aromatic carbocycles. The zero-order chi connectivity index (χ0) is 27.9. The first-order valence-corrected chi connectivity index (χ1v) is 11.7. The van der Waals surface area contributed by atoms with Crippen LogP contribution in [0.1, 0.15) is 38.7 Å². The number of nitrogens with zero attached hydrogens (tertiary/aromatic N) is 3. The molecule has 0 aliphatic carbocycles. The van der Waals surface area contributed by atoms with Crippen LogP contribution < -0.4 is 10.6 Å². The van der Waals surface area contributed by atoms with E-state index in [1.165, 1.54) is 28.9 Å². The fourth-order valence-corrected chi connectivity index (χ4v) is 4.70. The van der Waals surface area contributed by atoms with Crippen molar-refractivity contribution in [2.75, 3.05) is 5.32 Å². The smallest absolute Gasteiger partial charge is 0.339 e. The van der Waals surface area contributed by atoms with Crippen LogP contribution in [0.25, 0.3) is 5.69 Å². The van der Waals surface area contributed by atoms with E-state index in [9.17, 15) is 32.9 Å². The van der Waals surface area contributed by atoms with Crippen molar-refractivity contribution in [2.24, 2.45) is 0 Å². The van der Waals surface area contributed by atoms with E-state index < -0.39 is 40.4 Å². The largest absolute Gasteiger partial charge is 0.416 e. The van der Waals surface area contributed by atoms with Crippen LogP contribution >= 0.6 is 0 Å². The molecule has 0 saturated carbocycles. The molecule has 1 aromatic heterocycles. The molecule has 0 bridgehead atoms. The van der Waals surface area contributed by atoms with Crippen molar-refractivity contribution in [1.82, 2.24) is 15.1 Å². The van der Waals surface area contributed by atoms with E-state index in [2.05, 4.69) is 15.7 Å². The van der Waals surface area contributed by atoms with E-state index in [4.69, 9.17) is 0 Å². The van der Waals surface area contributed by atoms with Crippen molar-refractivity contribution >= 4 is 23.3 Å². The van der Waals surface area contributed by atoms with Crippen LogP contribution in [0.3, 0.4) is 0 Å². The Hall–Kier alpha value is -5.00. The number of amides is 2. The van der Waals surface area contributed by atoms with Gasteiger partial charge in [-0.3, -0.25) is 19.7 Å². The maximum absolute atomic E-state index is 13.5. The van der Waals surface area contributed by atoms with E-state index in [-0.39, 0.29) is 11.3 Å². The highest BCUT2D eigenvalue weighted by atomic mass is 19.4. The number of aromatic nitrogens is 2. The number of nitro benzene ring substituents is 1. The summed E-state index contributed by atoms with van der Waals surface area (Å²) in [6.07, 6.45) is -4.66. The first-order valence-electron chi connectivity index (χ1n) is 11.7. The van der Waals surface area contributed by atoms with Gasteiger partial charge in [-0.15, -0.1) is 0 Å². The number of benzene rings is 3. The number of alkyl halides is 3. The number of aryl methyl sites for hydroxylation is 1. The van der Waals surface area contributed by atoms with Gasteiger partial charge in [-0.05, 0) is 42.8 Å². The molecular weight excluding hydrogens is 515 g/mol. The standard InChI is InChI=1S/C27H20F3N5O4/c1-15-21-22(16-7-6-12-20(14-16)35(38)39)23(31-25(36)17-8-5-9-18(13-17)27(28,29)30)26(37)32-24(21)34(33-15)19-10-3-2-4-11-19/h2-14,22-23H,1H3,(H,31,36)(H,32,37)/t22-,23+/m1/s1. The highest BCUT2D eigenvalue weighted by Gasteiger charge is 2.42. The number of hydrogen-bond donors (Lipinski definition) is 2. The quantitative estimate of drug-likeness (QED) is 0.276. The number of hydrogen-bond acceptors (Lipinski definition) is 5. The Morgan fingerprint density at radius 3 is 2.46 bits per heavy atom. The van der Waals surface area contributed by atoms with Gasteiger partial charge in [0.15, 0.2) is 0 Å². The lowest BCUT2D eigenvalue weighted by atomic mass is 9.81. The average Bonchev–Trinajstić information content (AvgIpc) is 3.24. The molecule has 4 aromatic rings. The molecule has 0 saturated heterocycles. The SMILES string of the molecule is Cc1nn(-c2ccccc2)c2c1[C@@H](c1cccc([N+](=O)[O-])c1)[C@H](NC(=O)c1cccc(C(F)(F)F)c1)C(=O)N2. The molecule has 0 unspecified atom stereocenters. The van der Waals surface area contributed by atoms with Crippen LogP contribution in [0.2, 0.25) is 0 Å². The Balaban J connectivity index is 1.62. The van der Waals surface area contributed by atoms with Crippen LogP contribution in [0.15, 0.2) is 78.9 Å². The Morgan fingerprint density at radius 2 is 1.77 bits per heavy atom. The predicted molar refractivity (Wildman–Crippen MR) is 135 cm³/mol. The second-order valence-corrected chi connectivity index (χ2v) is 8.94. The minimum atomic E-state index is -4.66. The number of carbonyl (C=O) groups excluding carboxylic acids is 2. The molecule has 0 radical (unpaired) electrons. The minimum absolute atomic E-state index is 0.226. The Kier molecular flexibility index (Phi) is 6.38. The first kappa shape index (κ1) is 25.6. The average molecular weight is 535 g/mol. The van der Waals surface area contributed by atoms with Crippen molar-refractivity contribution in [3.8, 4) is 5.69 Å². The number of halogens is 3. The van der Waals surface area contributed by atoms with Gasteiger partial charge in [0.1, 0.15) is 11.9 Å². The monoisotopic (exact) mass is 535 g/mol. The van der Waals surface area contributed by atoms with Gasteiger partial charge >= 0.3 is 6.18 Å². The number of nitro groups is 1. The van der Waals surface area contributed by atoms with Gasteiger partial charge in [-0.25, -0.2) is 4.68 Å². The third-order valence-electron chi connectivity index (χ3n) is 6.45. The highest BCUT2D eigenvalue weighted by Crippen LogP contribution is 2.41. The number of para-hydroxylation sites is 1. The topological polar surface area (TPSA) is 119 Å². The van der Waals surface area contributed by atoms with E-state index in [0.717, 1.165) is 12.1 Å². The summed E-state index contributed by atoms with van der Waals surface area (Å²) in [6, 6.07) is 17.1. The summed E-state index contributed by atoms with van der Waals surface area (Å²) in [7, 11) is 0. The molecule has 0 spiro atoms. The molecule has 2 atom stereocenters. The summed E-state index contributed by atoms with van der Waals surface area (Å²) in [4.78, 5) is 37.5. The summed E-state index contributed by atoms with van der Waals surface area (Å²) in [5, 5.41) is 21.4. The molecule has 9 nitrogen and oxygen atoms in total. The molecule has 2 N–H and O–H groups in total. The highest BCUT2D eigenvalue weighted by molar-refractivity contribution is 6.04. The zero-order valence-electron chi connectivity index (χ0n) is 20.3. The van der Waals surface area contributed by atoms with Crippen molar-refractivity contribution in [3.63, 3.8) is 0 Å². The maximum Gasteiger partial charge on any atom is 0.416 e. The van der Waals surface area contributed by atoms with E-state index in [1.54, 1.807) is 37.3 Å². The van der Waals surface area contributed by atoms with Gasteiger partial charge in [0, 0.05) is 29.2 Å². The third kappa shape index (κ3) is 4.83. The van der Waals surface area contributed by atoms with Crippen molar-refractivity contribution < 1.29 is 27.7 Å². The normalized spacial score (nSPS) is 16.8. The number of non-ortho nitro benzene ring substituents is 1. The molecular formula is C27H20F3N5O4. The number of rotatable bonds is 5. The van der Waals surface area contributed by atoms with Crippen LogP contribution in [-0.2, 0) is 11.0 Å². The number of anilines is 1. The molecule has 2 amide bonds. The Bertz CT molecular complexity index is 1600. The van der Waals surface area contributed by atoms with Gasteiger partial charge in [-0.1, -0.05) is 36.4 Å². The van der Waals surface area contributed by atoms with Crippen LogP contribution in [0.4, 0.5) is 24.7 Å². The molecule has 39 heavy (non-hydrogen) atoms. The lowest BCUT2D eigenvalue weighted by Gasteiger charge is -2.32. The maximum atomic E-state index is 13.5. The predicted octanol–water partition coefficient (Wildman–Crippen LogP) is 4.99. The third-order valence-corrected chi connectivity index (χ3v) is 6.45. The first-order chi connectivity index (χ1) is 18.5. The molecule has 1 aliphatic heterocycles.